The van der Waals surface area contributed by atoms with Gasteiger partial charge in [-0.05, 0) is 60.5 Å². The van der Waals surface area contributed by atoms with Crippen molar-refractivity contribution in [3.63, 3.8) is 0 Å². The largest absolute Gasteiger partial charge is 0.456 e. The van der Waals surface area contributed by atoms with E-state index in [0.29, 0.717) is 12.1 Å². The van der Waals surface area contributed by atoms with E-state index in [9.17, 15) is 9.59 Å². The molecule has 2 heterocycles. The minimum atomic E-state index is -0.611. The summed E-state index contributed by atoms with van der Waals surface area (Å²) in [4.78, 5) is 25.9. The lowest BCUT2D eigenvalue weighted by Gasteiger charge is -2.18. The molecule has 1 aliphatic heterocycles. The molecule has 3 aromatic carbocycles. The van der Waals surface area contributed by atoms with E-state index in [1.54, 1.807) is 6.07 Å². The number of hydrogen-bond donors (Lipinski definition) is 1. The molecule has 0 amide bonds. The van der Waals surface area contributed by atoms with Gasteiger partial charge in [0.05, 0.1) is 6.07 Å². The van der Waals surface area contributed by atoms with Crippen molar-refractivity contribution in [1.29, 1.82) is 0 Å². The first-order chi connectivity index (χ1) is 20.2. The lowest BCUT2D eigenvalue weighted by molar-refractivity contribution is 0.101. The van der Waals surface area contributed by atoms with Crippen LogP contribution >= 0.6 is 0 Å². The monoisotopic (exact) mass is 558 g/mol. The van der Waals surface area contributed by atoms with Gasteiger partial charge in [-0.25, -0.2) is 9.37 Å². The Balaban J connectivity index is 1.33. The fraction of sp³-hybridized carbons (Fsp3) is 0.171. The molecule has 42 heavy (non-hydrogen) atoms. The molecule has 0 radical (unpaired) electrons. The van der Waals surface area contributed by atoms with Crippen molar-refractivity contribution in [1.82, 2.24) is 4.58 Å². The molecule has 0 fully saturated rings. The second-order valence-corrected chi connectivity index (χ2v) is 10.9. The van der Waals surface area contributed by atoms with Crippen molar-refractivity contribution in [2.45, 2.75) is 13.5 Å². The van der Waals surface area contributed by atoms with Gasteiger partial charge in [0.25, 0.3) is 0 Å². The third-order valence-electron chi connectivity index (χ3n) is 7.57. The van der Waals surface area contributed by atoms with Gasteiger partial charge in [0.2, 0.25) is 5.36 Å². The number of carbonyl (C=O) groups excluding carboxylic acids is 1. The van der Waals surface area contributed by atoms with Gasteiger partial charge in [-0.15, -0.1) is 0 Å². The third-order valence-corrected chi connectivity index (χ3v) is 7.57. The van der Waals surface area contributed by atoms with Gasteiger partial charge in [0.1, 0.15) is 36.6 Å². The molecule has 0 bridgehead atoms. The van der Waals surface area contributed by atoms with Crippen LogP contribution in [0.5, 0.6) is 0 Å². The van der Waals surface area contributed by atoms with Gasteiger partial charge in [0.15, 0.2) is 5.78 Å². The van der Waals surface area contributed by atoms with Crippen LogP contribution in [-0.4, -0.2) is 34.0 Å². The molecule has 1 N–H and O–H groups in total. The highest BCUT2D eigenvalue weighted by atomic mass is 16.4. The summed E-state index contributed by atoms with van der Waals surface area (Å²) in [7, 11) is 8.10. The van der Waals surface area contributed by atoms with E-state index < -0.39 is 5.63 Å². The normalized spacial score (nSPS) is 11.3. The summed E-state index contributed by atoms with van der Waals surface area (Å²) in [5.41, 5.74) is 7.02. The Kier molecular flexibility index (Phi) is 6.86. The molecule has 0 atom stereocenters. The highest BCUT2D eigenvalue weighted by molar-refractivity contribution is 6.02. The quantitative estimate of drug-likeness (QED) is 0.113. The fourth-order valence-electron chi connectivity index (χ4n) is 5.20. The number of benzene rings is 4. The SMILES string of the molecule is CC(=O)c1cc2ccc(CNc3ccc(-c4c5ccc(=[N+](C)C)cc-5oc5cc(N(C)C)ccc45)cc3)cc2oc1=O. The molecule has 6 rings (SSSR count). The molecule has 210 valence electrons. The van der Waals surface area contributed by atoms with Crippen molar-refractivity contribution >= 4 is 39.1 Å². The maximum atomic E-state index is 12.2. The Bertz CT molecular complexity index is 2080. The summed E-state index contributed by atoms with van der Waals surface area (Å²) in [5, 5.41) is 6.31. The van der Waals surface area contributed by atoms with Crippen LogP contribution in [0.4, 0.5) is 11.4 Å². The second-order valence-electron chi connectivity index (χ2n) is 10.9. The maximum absolute atomic E-state index is 12.2. The van der Waals surface area contributed by atoms with Crippen LogP contribution in [0.25, 0.3) is 44.4 Å². The van der Waals surface area contributed by atoms with Crippen LogP contribution in [0.1, 0.15) is 22.8 Å². The van der Waals surface area contributed by atoms with Crippen molar-refractivity contribution in [3.8, 4) is 22.5 Å². The first kappa shape index (κ1) is 27.0. The first-order valence-corrected chi connectivity index (χ1v) is 13.8. The Labute approximate surface area is 243 Å². The molecule has 7 heteroatoms. The Morgan fingerprint density at radius 2 is 1.64 bits per heavy atom. The standard InChI is InChI=1S/C35H31N3O4/c1-21(39)30-17-24-7-6-22(16-31(24)42-35(30)40)20-36-25-10-8-23(9-11-25)34-28-14-12-26(37(2)3)18-32(28)41-33-19-27(38(4)5)13-15-29(33)34/h6-19H,20H2,1-5H3/p+1. The predicted octanol–water partition coefficient (Wildman–Crippen LogP) is 6.22. The van der Waals surface area contributed by atoms with E-state index in [2.05, 4.69) is 75.5 Å². The molecule has 0 saturated carbocycles. The van der Waals surface area contributed by atoms with E-state index in [1.807, 2.05) is 46.4 Å². The van der Waals surface area contributed by atoms with Crippen LogP contribution in [0.15, 0.2) is 98.6 Å². The number of nitrogens with zero attached hydrogens (tertiary/aromatic N) is 2. The van der Waals surface area contributed by atoms with E-state index >= 15 is 0 Å². The minimum absolute atomic E-state index is 0.0670. The average molecular weight is 559 g/mol. The molecule has 7 nitrogen and oxygen atoms in total. The number of ketones is 1. The van der Waals surface area contributed by atoms with Gasteiger partial charge in [-0.1, -0.05) is 24.3 Å². The zero-order valence-corrected chi connectivity index (χ0v) is 24.3. The van der Waals surface area contributed by atoms with Crippen LogP contribution < -0.4 is 25.8 Å². The number of rotatable bonds is 6. The molecule has 0 spiro atoms. The number of anilines is 2. The van der Waals surface area contributed by atoms with Crippen molar-refractivity contribution < 1.29 is 13.6 Å². The summed E-state index contributed by atoms with van der Waals surface area (Å²) in [6, 6.07) is 28.3. The highest BCUT2D eigenvalue weighted by Crippen LogP contribution is 2.41. The molecule has 0 unspecified atom stereocenters. The van der Waals surface area contributed by atoms with Gasteiger partial charge in [-0.2, -0.15) is 0 Å². The summed E-state index contributed by atoms with van der Waals surface area (Å²) < 4.78 is 13.9. The average Bonchev–Trinajstić information content (AvgIpc) is 2.97. The van der Waals surface area contributed by atoms with Crippen LogP contribution in [0, 0.1) is 0 Å². The number of hydrogen-bond acceptors (Lipinski definition) is 6. The summed E-state index contributed by atoms with van der Waals surface area (Å²) in [5.74, 6) is 0.530. The van der Waals surface area contributed by atoms with Crippen molar-refractivity contribution in [2.24, 2.45) is 0 Å². The van der Waals surface area contributed by atoms with Crippen molar-refractivity contribution in [3.05, 3.63) is 112 Å². The van der Waals surface area contributed by atoms with E-state index in [1.165, 1.54) is 6.92 Å². The molecular weight excluding hydrogens is 526 g/mol. The summed E-state index contributed by atoms with van der Waals surface area (Å²) >= 11 is 0. The fourth-order valence-corrected chi connectivity index (χ4v) is 5.20. The van der Waals surface area contributed by atoms with Crippen LogP contribution in [-0.2, 0) is 6.54 Å². The smallest absolute Gasteiger partial charge is 0.347 e. The minimum Gasteiger partial charge on any atom is -0.456 e. The zero-order valence-electron chi connectivity index (χ0n) is 24.3. The van der Waals surface area contributed by atoms with Gasteiger partial charge in [-0.3, -0.25) is 4.79 Å². The number of nitrogens with one attached hydrogen (secondary N) is 1. The van der Waals surface area contributed by atoms with Crippen LogP contribution in [0.2, 0.25) is 0 Å². The van der Waals surface area contributed by atoms with E-state index in [0.717, 1.165) is 61.1 Å². The summed E-state index contributed by atoms with van der Waals surface area (Å²) in [6.45, 7) is 1.91. The van der Waals surface area contributed by atoms with Crippen LogP contribution in [0.3, 0.4) is 0 Å². The molecule has 0 saturated heterocycles. The summed E-state index contributed by atoms with van der Waals surface area (Å²) in [6.07, 6.45) is 0. The van der Waals surface area contributed by atoms with E-state index in [-0.39, 0.29) is 11.3 Å². The zero-order chi connectivity index (χ0) is 29.5. The second kappa shape index (κ2) is 10.7. The number of Topliss-reactive ketones (excluding diaryl/α,β-unsaturated/α-hetero) is 1. The first-order valence-electron chi connectivity index (χ1n) is 13.8. The Morgan fingerprint density at radius 3 is 2.36 bits per heavy atom. The highest BCUT2D eigenvalue weighted by Gasteiger charge is 2.19. The molecular formula is C35H32N3O4+. The third kappa shape index (κ3) is 5.05. The number of fused-ring (bicyclic) bond motifs is 3. The van der Waals surface area contributed by atoms with Gasteiger partial charge < -0.3 is 19.1 Å². The topological polar surface area (TPSA) is 78.7 Å². The van der Waals surface area contributed by atoms with Gasteiger partial charge in [0, 0.05) is 66.0 Å². The molecule has 1 aromatic heterocycles. The molecule has 4 aromatic rings. The number of carbonyl (C=O) groups is 1. The Hall–Kier alpha value is -5.17. The molecule has 2 aliphatic rings. The lowest BCUT2D eigenvalue weighted by atomic mass is 9.93. The molecule has 1 aliphatic carbocycles. The maximum Gasteiger partial charge on any atom is 0.347 e. The van der Waals surface area contributed by atoms with Crippen molar-refractivity contribution in [2.75, 3.05) is 38.4 Å². The van der Waals surface area contributed by atoms with Gasteiger partial charge >= 0.3 is 5.63 Å². The lowest BCUT2D eigenvalue weighted by Crippen LogP contribution is -2.21. The predicted molar refractivity (Wildman–Crippen MR) is 170 cm³/mol. The van der Waals surface area contributed by atoms with E-state index in [4.69, 9.17) is 8.83 Å². The Morgan fingerprint density at radius 1 is 0.857 bits per heavy atom.